The van der Waals surface area contributed by atoms with Crippen molar-refractivity contribution in [2.45, 2.75) is 20.0 Å². The molecule has 0 aliphatic heterocycles. The summed E-state index contributed by atoms with van der Waals surface area (Å²) in [6.45, 7) is 3.26. The minimum Gasteiger partial charge on any atom is -0.366 e. The molecular formula is C20H17F3N4O2. The van der Waals surface area contributed by atoms with Crippen molar-refractivity contribution in [2.75, 3.05) is 5.32 Å². The van der Waals surface area contributed by atoms with E-state index in [2.05, 4.69) is 10.3 Å². The number of halogens is 3. The maximum Gasteiger partial charge on any atom is 0.418 e. The highest BCUT2D eigenvalue weighted by Crippen LogP contribution is 2.35. The molecular weight excluding hydrogens is 385 g/mol. The molecule has 0 radical (unpaired) electrons. The molecule has 0 saturated heterocycles. The van der Waals surface area contributed by atoms with Crippen LogP contribution in [0.15, 0.2) is 48.8 Å². The Kier molecular flexibility index (Phi) is 5.15. The van der Waals surface area contributed by atoms with Crippen molar-refractivity contribution in [1.29, 1.82) is 0 Å². The summed E-state index contributed by atoms with van der Waals surface area (Å²) in [5, 5.41) is 2.49. The number of alkyl halides is 3. The Morgan fingerprint density at radius 3 is 2.41 bits per heavy atom. The highest BCUT2D eigenvalue weighted by molar-refractivity contribution is 6.05. The van der Waals surface area contributed by atoms with E-state index in [4.69, 9.17) is 5.73 Å². The maximum absolute atomic E-state index is 13.6. The summed E-state index contributed by atoms with van der Waals surface area (Å²) in [5.41, 5.74) is 5.09. The van der Waals surface area contributed by atoms with Gasteiger partial charge < -0.3 is 15.6 Å². The first kappa shape index (κ1) is 20.1. The summed E-state index contributed by atoms with van der Waals surface area (Å²) in [6, 6.07) is 7.80. The topological polar surface area (TPSA) is 90.0 Å². The number of aromatic nitrogens is 2. The van der Waals surface area contributed by atoms with Crippen LogP contribution in [-0.2, 0) is 6.18 Å². The van der Waals surface area contributed by atoms with E-state index in [1.165, 1.54) is 41.2 Å². The summed E-state index contributed by atoms with van der Waals surface area (Å²) in [6.07, 6.45) is -1.87. The first-order valence-electron chi connectivity index (χ1n) is 8.51. The van der Waals surface area contributed by atoms with Gasteiger partial charge in [-0.1, -0.05) is 6.07 Å². The van der Waals surface area contributed by atoms with Crippen LogP contribution in [0.3, 0.4) is 0 Å². The van der Waals surface area contributed by atoms with Crippen molar-refractivity contribution in [3.63, 3.8) is 0 Å². The molecule has 3 N–H and O–H groups in total. The fourth-order valence-corrected chi connectivity index (χ4v) is 2.92. The average molecular weight is 402 g/mol. The number of primary amides is 1. The number of nitrogens with one attached hydrogen (secondary N) is 1. The first-order chi connectivity index (χ1) is 13.6. The van der Waals surface area contributed by atoms with Crippen LogP contribution < -0.4 is 11.1 Å². The Bertz CT molecular complexity index is 1100. The highest BCUT2D eigenvalue weighted by Gasteiger charge is 2.35. The van der Waals surface area contributed by atoms with E-state index in [0.717, 1.165) is 6.07 Å². The molecule has 3 aromatic rings. The Morgan fingerprint density at radius 2 is 1.83 bits per heavy atom. The second kappa shape index (κ2) is 7.42. The number of imidazole rings is 1. The van der Waals surface area contributed by atoms with Gasteiger partial charge in [0.25, 0.3) is 5.91 Å². The van der Waals surface area contributed by atoms with Gasteiger partial charge in [-0.15, -0.1) is 0 Å². The predicted molar refractivity (Wildman–Crippen MR) is 101 cm³/mol. The van der Waals surface area contributed by atoms with Gasteiger partial charge in [-0.2, -0.15) is 13.2 Å². The lowest BCUT2D eigenvalue weighted by Crippen LogP contribution is -2.17. The van der Waals surface area contributed by atoms with Gasteiger partial charge >= 0.3 is 6.18 Å². The van der Waals surface area contributed by atoms with Crippen molar-refractivity contribution in [3.05, 3.63) is 76.9 Å². The predicted octanol–water partition coefficient (Wildman–Crippen LogP) is 3.86. The molecule has 150 valence electrons. The van der Waals surface area contributed by atoms with Gasteiger partial charge in [0.2, 0.25) is 5.91 Å². The third kappa shape index (κ3) is 4.13. The van der Waals surface area contributed by atoms with E-state index in [-0.39, 0.29) is 22.5 Å². The van der Waals surface area contributed by atoms with E-state index >= 15 is 0 Å². The second-order valence-electron chi connectivity index (χ2n) is 6.42. The summed E-state index contributed by atoms with van der Waals surface area (Å²) in [7, 11) is 0. The Labute approximate surface area is 164 Å². The summed E-state index contributed by atoms with van der Waals surface area (Å²) in [4.78, 5) is 27.9. The number of rotatable bonds is 4. The molecule has 0 spiro atoms. The number of hydrogen-bond donors (Lipinski definition) is 2. The standard InChI is InChI=1S/C20H17F3N4O2/c1-11-3-5-14(10-15(11)18(24)28)26-19(29)13-4-6-17(16(9-13)20(21,22)23)27-8-7-25-12(27)2/h3-10H,1-2H3,(H2,24,28)(H,26,29). The fourth-order valence-electron chi connectivity index (χ4n) is 2.92. The van der Waals surface area contributed by atoms with Crippen LogP contribution in [0.5, 0.6) is 0 Å². The van der Waals surface area contributed by atoms with Crippen LogP contribution in [0.25, 0.3) is 5.69 Å². The number of carbonyl (C=O) groups is 2. The van der Waals surface area contributed by atoms with Crippen LogP contribution in [0, 0.1) is 13.8 Å². The monoisotopic (exact) mass is 402 g/mol. The zero-order valence-electron chi connectivity index (χ0n) is 15.5. The Morgan fingerprint density at radius 1 is 1.10 bits per heavy atom. The van der Waals surface area contributed by atoms with Crippen LogP contribution in [0.4, 0.5) is 18.9 Å². The van der Waals surface area contributed by atoms with E-state index < -0.39 is 23.6 Å². The van der Waals surface area contributed by atoms with E-state index in [0.29, 0.717) is 11.4 Å². The lowest BCUT2D eigenvalue weighted by Gasteiger charge is -2.16. The quantitative estimate of drug-likeness (QED) is 0.694. The number of benzene rings is 2. The maximum atomic E-state index is 13.6. The molecule has 6 nitrogen and oxygen atoms in total. The zero-order valence-corrected chi connectivity index (χ0v) is 15.5. The number of nitrogens with two attached hydrogens (primary N) is 1. The first-order valence-corrected chi connectivity index (χ1v) is 8.51. The van der Waals surface area contributed by atoms with E-state index in [1.807, 2.05) is 0 Å². The fraction of sp³-hybridized carbons (Fsp3) is 0.150. The smallest absolute Gasteiger partial charge is 0.366 e. The number of anilines is 1. The lowest BCUT2D eigenvalue weighted by atomic mass is 10.1. The molecule has 9 heteroatoms. The van der Waals surface area contributed by atoms with Gasteiger partial charge in [0.1, 0.15) is 5.82 Å². The van der Waals surface area contributed by atoms with Crippen molar-refractivity contribution < 1.29 is 22.8 Å². The van der Waals surface area contributed by atoms with Gasteiger partial charge in [-0.3, -0.25) is 9.59 Å². The average Bonchev–Trinajstić information content (AvgIpc) is 3.07. The van der Waals surface area contributed by atoms with Gasteiger partial charge in [0, 0.05) is 29.2 Å². The molecule has 0 bridgehead atoms. The minimum atomic E-state index is -4.68. The summed E-state index contributed by atoms with van der Waals surface area (Å²) in [5.74, 6) is -1.03. The normalized spacial score (nSPS) is 11.3. The van der Waals surface area contributed by atoms with Crippen molar-refractivity contribution in [3.8, 4) is 5.69 Å². The molecule has 0 atom stereocenters. The second-order valence-corrected chi connectivity index (χ2v) is 6.42. The number of carbonyl (C=O) groups excluding carboxylic acids is 2. The summed E-state index contributed by atoms with van der Waals surface area (Å²) < 4.78 is 42.1. The largest absolute Gasteiger partial charge is 0.418 e. The number of nitrogens with zero attached hydrogens (tertiary/aromatic N) is 2. The van der Waals surface area contributed by atoms with E-state index in [9.17, 15) is 22.8 Å². The zero-order chi connectivity index (χ0) is 21.3. The molecule has 0 aliphatic carbocycles. The number of amides is 2. The third-order valence-corrected chi connectivity index (χ3v) is 4.41. The van der Waals surface area contributed by atoms with Gasteiger partial charge in [0.15, 0.2) is 0 Å². The number of aryl methyl sites for hydroxylation is 2. The van der Waals surface area contributed by atoms with Crippen molar-refractivity contribution in [2.24, 2.45) is 5.73 Å². The van der Waals surface area contributed by atoms with Crippen LogP contribution in [0.1, 0.15) is 37.7 Å². The molecule has 0 unspecified atom stereocenters. The molecule has 3 rings (SSSR count). The van der Waals surface area contributed by atoms with Crippen LogP contribution in [-0.4, -0.2) is 21.4 Å². The van der Waals surface area contributed by atoms with Crippen LogP contribution in [0.2, 0.25) is 0 Å². The Hall–Kier alpha value is -3.62. The molecule has 1 aromatic heterocycles. The van der Waals surface area contributed by atoms with Crippen molar-refractivity contribution in [1.82, 2.24) is 9.55 Å². The van der Waals surface area contributed by atoms with Gasteiger partial charge in [-0.25, -0.2) is 4.98 Å². The summed E-state index contributed by atoms with van der Waals surface area (Å²) >= 11 is 0. The molecule has 0 saturated carbocycles. The molecule has 29 heavy (non-hydrogen) atoms. The third-order valence-electron chi connectivity index (χ3n) is 4.41. The van der Waals surface area contributed by atoms with Crippen LogP contribution >= 0.6 is 0 Å². The highest BCUT2D eigenvalue weighted by atomic mass is 19.4. The van der Waals surface area contributed by atoms with Gasteiger partial charge in [-0.05, 0) is 49.7 Å². The molecule has 0 fully saturated rings. The molecule has 2 aromatic carbocycles. The molecule has 2 amide bonds. The SMILES string of the molecule is Cc1ccc(NC(=O)c2ccc(-n3ccnc3C)c(C(F)(F)F)c2)cc1C(N)=O. The lowest BCUT2D eigenvalue weighted by molar-refractivity contribution is -0.137. The van der Waals surface area contributed by atoms with Gasteiger partial charge in [0.05, 0.1) is 11.3 Å². The van der Waals surface area contributed by atoms with Crippen molar-refractivity contribution >= 4 is 17.5 Å². The minimum absolute atomic E-state index is 0.129. The molecule has 1 heterocycles. The number of hydrogen-bond acceptors (Lipinski definition) is 3. The Balaban J connectivity index is 1.97. The van der Waals surface area contributed by atoms with E-state index in [1.54, 1.807) is 19.9 Å². The molecule has 0 aliphatic rings.